The summed E-state index contributed by atoms with van der Waals surface area (Å²) >= 11 is 0. The van der Waals surface area contributed by atoms with Crippen molar-refractivity contribution in [2.75, 3.05) is 25.5 Å². The van der Waals surface area contributed by atoms with E-state index in [0.29, 0.717) is 37.6 Å². The van der Waals surface area contributed by atoms with Crippen molar-refractivity contribution in [1.82, 2.24) is 14.9 Å². The number of ether oxygens (including phenoxy) is 1. The summed E-state index contributed by atoms with van der Waals surface area (Å²) in [6.45, 7) is 1.87. The molecule has 0 aliphatic rings. The molecule has 0 bridgehead atoms. The summed E-state index contributed by atoms with van der Waals surface area (Å²) < 4.78 is 7.68. The van der Waals surface area contributed by atoms with Crippen molar-refractivity contribution < 1.29 is 9.53 Å². The molecule has 1 aromatic heterocycles. The van der Waals surface area contributed by atoms with E-state index in [-0.39, 0.29) is 5.91 Å². The Labute approximate surface area is 124 Å². The number of nitrogens with zero attached hydrogens (tertiary/aromatic N) is 2. The maximum absolute atomic E-state index is 11.8. The normalized spacial score (nSPS) is 10.3. The summed E-state index contributed by atoms with van der Waals surface area (Å²) in [5.74, 6) is 0.644. The summed E-state index contributed by atoms with van der Waals surface area (Å²) in [6.07, 6.45) is 5.79. The van der Waals surface area contributed by atoms with Crippen LogP contribution >= 0.6 is 0 Å². The van der Waals surface area contributed by atoms with Crippen molar-refractivity contribution >= 4 is 11.6 Å². The first-order chi connectivity index (χ1) is 10.3. The Balaban J connectivity index is 1.88. The Bertz CT molecular complexity index is 555. The van der Waals surface area contributed by atoms with Gasteiger partial charge in [-0.2, -0.15) is 0 Å². The fourth-order valence-electron chi connectivity index (χ4n) is 1.83. The van der Waals surface area contributed by atoms with Crippen LogP contribution in [0, 0.1) is 0 Å². The molecule has 0 aliphatic carbocycles. The molecule has 0 spiro atoms. The van der Waals surface area contributed by atoms with Crippen LogP contribution in [-0.4, -0.2) is 35.7 Å². The van der Waals surface area contributed by atoms with Gasteiger partial charge in [-0.25, -0.2) is 4.98 Å². The molecular formula is C15H20N4O2. The number of carbonyl (C=O) groups excluding carboxylic acids is 1. The lowest BCUT2D eigenvalue weighted by atomic mass is 10.2. The maximum atomic E-state index is 11.8. The van der Waals surface area contributed by atoms with Gasteiger partial charge in [0.1, 0.15) is 12.4 Å². The minimum absolute atomic E-state index is 0.0324. The topological polar surface area (TPSA) is 68.2 Å². The molecule has 2 rings (SSSR count). The Morgan fingerprint density at radius 3 is 3.00 bits per heavy atom. The average Bonchev–Trinajstić information content (AvgIpc) is 3.00. The summed E-state index contributed by atoms with van der Waals surface area (Å²) in [7, 11) is 1.82. The molecule has 0 saturated heterocycles. The van der Waals surface area contributed by atoms with Gasteiger partial charge in [-0.1, -0.05) is 12.1 Å². The van der Waals surface area contributed by atoms with Crippen LogP contribution in [0.2, 0.25) is 0 Å². The van der Waals surface area contributed by atoms with Crippen LogP contribution in [0.1, 0.15) is 6.42 Å². The number of rotatable bonds is 8. The van der Waals surface area contributed by atoms with Crippen LogP contribution in [0.4, 0.5) is 5.69 Å². The van der Waals surface area contributed by atoms with Gasteiger partial charge in [-0.15, -0.1) is 0 Å². The van der Waals surface area contributed by atoms with Crippen molar-refractivity contribution in [2.45, 2.75) is 13.0 Å². The number of amides is 1. The van der Waals surface area contributed by atoms with Gasteiger partial charge in [0.05, 0.1) is 18.6 Å². The molecular weight excluding hydrogens is 268 g/mol. The van der Waals surface area contributed by atoms with Gasteiger partial charge in [-0.05, 0) is 19.2 Å². The zero-order valence-electron chi connectivity index (χ0n) is 12.1. The minimum atomic E-state index is -0.0324. The van der Waals surface area contributed by atoms with Crippen molar-refractivity contribution in [2.24, 2.45) is 0 Å². The van der Waals surface area contributed by atoms with Gasteiger partial charge in [0, 0.05) is 25.4 Å². The summed E-state index contributed by atoms with van der Waals surface area (Å²) in [5.41, 5.74) is 0.698. The Morgan fingerprint density at radius 2 is 2.24 bits per heavy atom. The lowest BCUT2D eigenvalue weighted by molar-refractivity contribution is -0.116. The van der Waals surface area contributed by atoms with Crippen LogP contribution in [-0.2, 0) is 11.3 Å². The molecule has 0 radical (unpaired) electrons. The first-order valence-electron chi connectivity index (χ1n) is 6.91. The van der Waals surface area contributed by atoms with Gasteiger partial charge in [0.25, 0.3) is 0 Å². The first kappa shape index (κ1) is 15.1. The van der Waals surface area contributed by atoms with E-state index in [9.17, 15) is 4.79 Å². The van der Waals surface area contributed by atoms with Crippen LogP contribution in [0.25, 0.3) is 0 Å². The van der Waals surface area contributed by atoms with Crippen molar-refractivity contribution in [3.05, 3.63) is 43.0 Å². The molecule has 0 fully saturated rings. The van der Waals surface area contributed by atoms with E-state index in [1.165, 1.54) is 0 Å². The molecule has 2 aromatic rings. The zero-order valence-corrected chi connectivity index (χ0v) is 12.1. The third-order valence-electron chi connectivity index (χ3n) is 2.93. The SMILES string of the molecule is CNCCC(=O)Nc1ccccc1OCCn1ccnc1. The number of benzene rings is 1. The number of carbonyl (C=O) groups is 1. The van der Waals surface area contributed by atoms with Crippen LogP contribution < -0.4 is 15.4 Å². The van der Waals surface area contributed by atoms with Gasteiger partial charge in [-0.3, -0.25) is 4.79 Å². The molecule has 6 nitrogen and oxygen atoms in total. The lowest BCUT2D eigenvalue weighted by Gasteiger charge is -2.12. The molecule has 1 amide bonds. The van der Waals surface area contributed by atoms with E-state index < -0.39 is 0 Å². The molecule has 6 heteroatoms. The van der Waals surface area contributed by atoms with E-state index in [0.717, 1.165) is 0 Å². The second-order valence-corrected chi connectivity index (χ2v) is 4.55. The second-order valence-electron chi connectivity index (χ2n) is 4.55. The van der Waals surface area contributed by atoms with E-state index >= 15 is 0 Å². The Morgan fingerprint density at radius 1 is 1.38 bits per heavy atom. The van der Waals surface area contributed by atoms with Crippen LogP contribution in [0.5, 0.6) is 5.75 Å². The number of nitrogens with one attached hydrogen (secondary N) is 2. The maximum Gasteiger partial charge on any atom is 0.225 e. The highest BCUT2D eigenvalue weighted by Crippen LogP contribution is 2.23. The second kappa shape index (κ2) is 8.06. The van der Waals surface area contributed by atoms with Crippen LogP contribution in [0.15, 0.2) is 43.0 Å². The quantitative estimate of drug-likeness (QED) is 0.772. The lowest BCUT2D eigenvalue weighted by Crippen LogP contribution is -2.19. The van der Waals surface area contributed by atoms with E-state index in [2.05, 4.69) is 15.6 Å². The van der Waals surface area contributed by atoms with Crippen molar-refractivity contribution in [1.29, 1.82) is 0 Å². The summed E-state index contributed by atoms with van der Waals surface area (Å²) in [6, 6.07) is 7.44. The van der Waals surface area contributed by atoms with Gasteiger partial charge >= 0.3 is 0 Å². The number of anilines is 1. The smallest absolute Gasteiger partial charge is 0.225 e. The monoisotopic (exact) mass is 288 g/mol. The minimum Gasteiger partial charge on any atom is -0.490 e. The highest BCUT2D eigenvalue weighted by Gasteiger charge is 2.07. The van der Waals surface area contributed by atoms with E-state index in [1.807, 2.05) is 42.1 Å². The van der Waals surface area contributed by atoms with Gasteiger partial charge in [0.15, 0.2) is 0 Å². The molecule has 0 atom stereocenters. The Hall–Kier alpha value is -2.34. The number of hydrogen-bond donors (Lipinski definition) is 2. The predicted molar refractivity (Wildman–Crippen MR) is 81.3 cm³/mol. The van der Waals surface area contributed by atoms with E-state index in [4.69, 9.17) is 4.74 Å². The fraction of sp³-hybridized carbons (Fsp3) is 0.333. The molecule has 21 heavy (non-hydrogen) atoms. The first-order valence-corrected chi connectivity index (χ1v) is 6.91. The Kier molecular flexibility index (Phi) is 5.78. The van der Waals surface area contributed by atoms with Crippen molar-refractivity contribution in [3.8, 4) is 5.75 Å². The van der Waals surface area contributed by atoms with Crippen LogP contribution in [0.3, 0.4) is 0 Å². The molecule has 1 heterocycles. The molecule has 1 aromatic carbocycles. The summed E-state index contributed by atoms with van der Waals surface area (Å²) in [4.78, 5) is 15.7. The largest absolute Gasteiger partial charge is 0.490 e. The summed E-state index contributed by atoms with van der Waals surface area (Å²) in [5, 5.41) is 5.81. The molecule has 112 valence electrons. The number of para-hydroxylation sites is 2. The standard InChI is InChI=1S/C15H20N4O2/c1-16-7-6-15(20)18-13-4-2-3-5-14(13)21-11-10-19-9-8-17-12-19/h2-5,8-9,12,16H,6-7,10-11H2,1H3,(H,18,20). The molecule has 0 aliphatic heterocycles. The van der Waals surface area contributed by atoms with Gasteiger partial charge < -0.3 is 19.9 Å². The number of hydrogen-bond acceptors (Lipinski definition) is 4. The van der Waals surface area contributed by atoms with Crippen molar-refractivity contribution in [3.63, 3.8) is 0 Å². The predicted octanol–water partition coefficient (Wildman–Crippen LogP) is 1.51. The average molecular weight is 288 g/mol. The third-order valence-corrected chi connectivity index (χ3v) is 2.93. The number of imidazole rings is 1. The van der Waals surface area contributed by atoms with Gasteiger partial charge in [0.2, 0.25) is 5.91 Å². The highest BCUT2D eigenvalue weighted by molar-refractivity contribution is 5.92. The zero-order chi connectivity index (χ0) is 14.9. The molecule has 0 saturated carbocycles. The highest BCUT2D eigenvalue weighted by atomic mass is 16.5. The molecule has 2 N–H and O–H groups in total. The number of aromatic nitrogens is 2. The third kappa shape index (κ3) is 4.92. The van der Waals surface area contributed by atoms with E-state index in [1.54, 1.807) is 12.5 Å². The fourth-order valence-corrected chi connectivity index (χ4v) is 1.83. The molecule has 0 unspecified atom stereocenters.